The third-order valence-corrected chi connectivity index (χ3v) is 5.03. The van der Waals surface area contributed by atoms with Crippen LogP contribution in [0.4, 0.5) is 0 Å². The summed E-state index contributed by atoms with van der Waals surface area (Å²) in [5.41, 5.74) is 6.14. The Morgan fingerprint density at radius 2 is 2.19 bits per heavy atom. The maximum atomic E-state index is 12.4. The number of rotatable bonds is 8. The van der Waals surface area contributed by atoms with E-state index in [1.54, 1.807) is 32.2 Å². The van der Waals surface area contributed by atoms with E-state index in [4.69, 9.17) is 10.9 Å². The molecule has 0 amide bonds. The molecule has 3 N–H and O–H groups in total. The van der Waals surface area contributed by atoms with Gasteiger partial charge in [-0.05, 0) is 26.0 Å². The number of amidine groups is 1. The Morgan fingerprint density at radius 1 is 1.48 bits per heavy atom. The predicted molar refractivity (Wildman–Crippen MR) is 81.6 cm³/mol. The van der Waals surface area contributed by atoms with E-state index in [2.05, 4.69) is 10.1 Å². The van der Waals surface area contributed by atoms with Gasteiger partial charge in [0.2, 0.25) is 10.0 Å². The standard InChI is InChI=1S/C13H22N4O3S/c1-11(2)17(9-6-13(14)16-18)21(19,20)10-7-12-5-3-4-8-15-12/h3-5,8,11,18H,6-7,9-10H2,1-2H3,(H2,14,16). The molecule has 0 saturated heterocycles. The molecule has 0 bridgehead atoms. The number of aryl methyl sites for hydroxylation is 1. The minimum absolute atomic E-state index is 0.0144. The molecule has 0 aliphatic heterocycles. The van der Waals surface area contributed by atoms with Gasteiger partial charge >= 0.3 is 0 Å². The van der Waals surface area contributed by atoms with Gasteiger partial charge in [0.05, 0.1) is 5.75 Å². The molecular weight excluding hydrogens is 292 g/mol. The van der Waals surface area contributed by atoms with E-state index < -0.39 is 10.0 Å². The topological polar surface area (TPSA) is 109 Å². The maximum absolute atomic E-state index is 12.4. The van der Waals surface area contributed by atoms with Crippen LogP contribution in [-0.2, 0) is 16.4 Å². The summed E-state index contributed by atoms with van der Waals surface area (Å²) in [6, 6.07) is 5.22. The van der Waals surface area contributed by atoms with E-state index in [9.17, 15) is 8.42 Å². The van der Waals surface area contributed by atoms with Gasteiger partial charge in [-0.1, -0.05) is 11.2 Å². The number of sulfonamides is 1. The number of nitrogens with zero attached hydrogens (tertiary/aromatic N) is 3. The second kappa shape index (κ2) is 7.94. The van der Waals surface area contributed by atoms with E-state index in [0.717, 1.165) is 5.69 Å². The lowest BCUT2D eigenvalue weighted by Crippen LogP contribution is -2.40. The number of hydrogen-bond donors (Lipinski definition) is 2. The van der Waals surface area contributed by atoms with Crippen LogP contribution >= 0.6 is 0 Å². The van der Waals surface area contributed by atoms with Gasteiger partial charge in [0.1, 0.15) is 5.84 Å². The quantitative estimate of drug-likeness (QED) is 0.319. The molecule has 0 spiro atoms. The summed E-state index contributed by atoms with van der Waals surface area (Å²) in [4.78, 5) is 4.12. The van der Waals surface area contributed by atoms with E-state index in [-0.39, 0.29) is 30.6 Å². The van der Waals surface area contributed by atoms with E-state index in [1.807, 2.05) is 6.07 Å². The largest absolute Gasteiger partial charge is 0.409 e. The van der Waals surface area contributed by atoms with Crippen LogP contribution in [0.25, 0.3) is 0 Å². The molecule has 0 aliphatic rings. The smallest absolute Gasteiger partial charge is 0.214 e. The van der Waals surface area contributed by atoms with Crippen molar-refractivity contribution < 1.29 is 13.6 Å². The fourth-order valence-corrected chi connectivity index (χ4v) is 3.60. The molecule has 0 unspecified atom stereocenters. The molecule has 0 aromatic carbocycles. The first kappa shape index (κ1) is 17.4. The van der Waals surface area contributed by atoms with Crippen molar-refractivity contribution in [2.45, 2.75) is 32.7 Å². The van der Waals surface area contributed by atoms with Gasteiger partial charge in [-0.2, -0.15) is 4.31 Å². The van der Waals surface area contributed by atoms with Gasteiger partial charge in [-0.15, -0.1) is 0 Å². The molecule has 1 heterocycles. The first-order chi connectivity index (χ1) is 9.86. The van der Waals surface area contributed by atoms with Gasteiger partial charge in [0, 0.05) is 37.3 Å². The Balaban J connectivity index is 2.71. The predicted octanol–water partition coefficient (Wildman–Crippen LogP) is 0.801. The lowest BCUT2D eigenvalue weighted by Gasteiger charge is -2.25. The minimum Gasteiger partial charge on any atom is -0.409 e. The summed E-state index contributed by atoms with van der Waals surface area (Å²) in [5.74, 6) is -0.00109. The molecule has 1 rings (SSSR count). The number of hydrogen-bond acceptors (Lipinski definition) is 5. The fraction of sp³-hybridized carbons (Fsp3) is 0.538. The van der Waals surface area contributed by atoms with Crippen LogP contribution in [0.2, 0.25) is 0 Å². The Morgan fingerprint density at radius 3 is 2.71 bits per heavy atom. The van der Waals surface area contributed by atoms with Gasteiger partial charge in [0.15, 0.2) is 0 Å². The molecule has 0 saturated carbocycles. The summed E-state index contributed by atoms with van der Waals surface area (Å²) in [6.07, 6.45) is 2.19. The zero-order valence-corrected chi connectivity index (χ0v) is 13.1. The maximum Gasteiger partial charge on any atom is 0.214 e. The summed E-state index contributed by atoms with van der Waals surface area (Å²) < 4.78 is 26.2. The van der Waals surface area contributed by atoms with E-state index in [0.29, 0.717) is 6.42 Å². The average Bonchev–Trinajstić information content (AvgIpc) is 2.45. The van der Waals surface area contributed by atoms with Crippen molar-refractivity contribution in [3.05, 3.63) is 30.1 Å². The molecule has 1 aromatic heterocycles. The first-order valence-corrected chi connectivity index (χ1v) is 8.33. The van der Waals surface area contributed by atoms with Crippen molar-refractivity contribution in [2.24, 2.45) is 10.9 Å². The Kier molecular flexibility index (Phi) is 6.57. The van der Waals surface area contributed by atoms with E-state index in [1.165, 1.54) is 4.31 Å². The molecule has 0 fully saturated rings. The van der Waals surface area contributed by atoms with Gasteiger partial charge in [0.25, 0.3) is 0 Å². The van der Waals surface area contributed by atoms with Crippen LogP contribution in [-0.4, -0.2) is 47.1 Å². The van der Waals surface area contributed by atoms with Crippen LogP contribution in [0, 0.1) is 0 Å². The number of pyridine rings is 1. The second-order valence-electron chi connectivity index (χ2n) is 4.93. The molecule has 0 aliphatic carbocycles. The zero-order valence-electron chi connectivity index (χ0n) is 12.3. The molecule has 118 valence electrons. The van der Waals surface area contributed by atoms with Gasteiger partial charge < -0.3 is 10.9 Å². The molecule has 0 atom stereocenters. The summed E-state index contributed by atoms with van der Waals surface area (Å²) >= 11 is 0. The highest BCUT2D eigenvalue weighted by atomic mass is 32.2. The zero-order chi connectivity index (χ0) is 15.9. The monoisotopic (exact) mass is 314 g/mol. The number of aromatic nitrogens is 1. The molecule has 8 heteroatoms. The second-order valence-corrected chi connectivity index (χ2v) is 6.97. The van der Waals surface area contributed by atoms with Crippen LogP contribution in [0.1, 0.15) is 26.0 Å². The third-order valence-electron chi connectivity index (χ3n) is 2.99. The lowest BCUT2D eigenvalue weighted by molar-refractivity contribution is 0.313. The van der Waals surface area contributed by atoms with Crippen molar-refractivity contribution in [3.8, 4) is 0 Å². The number of oxime groups is 1. The molecule has 21 heavy (non-hydrogen) atoms. The van der Waals surface area contributed by atoms with Gasteiger partial charge in [-0.25, -0.2) is 8.42 Å². The summed E-state index contributed by atoms with van der Waals surface area (Å²) in [7, 11) is -3.42. The molecule has 1 aromatic rings. The fourth-order valence-electron chi connectivity index (χ4n) is 1.89. The molecule has 7 nitrogen and oxygen atoms in total. The van der Waals surface area contributed by atoms with Crippen molar-refractivity contribution in [3.63, 3.8) is 0 Å². The van der Waals surface area contributed by atoms with Crippen molar-refractivity contribution in [2.75, 3.05) is 12.3 Å². The van der Waals surface area contributed by atoms with Crippen molar-refractivity contribution in [1.82, 2.24) is 9.29 Å². The van der Waals surface area contributed by atoms with Crippen LogP contribution in [0.5, 0.6) is 0 Å². The third kappa shape index (κ3) is 5.68. The van der Waals surface area contributed by atoms with E-state index >= 15 is 0 Å². The van der Waals surface area contributed by atoms with Crippen molar-refractivity contribution in [1.29, 1.82) is 0 Å². The average molecular weight is 314 g/mol. The Hall–Kier alpha value is -1.67. The Labute approximate surface area is 125 Å². The number of nitrogens with two attached hydrogens (primary N) is 1. The molecule has 0 radical (unpaired) electrons. The first-order valence-electron chi connectivity index (χ1n) is 6.72. The highest BCUT2D eigenvalue weighted by molar-refractivity contribution is 7.89. The SMILES string of the molecule is CC(C)N(CCC(N)=NO)S(=O)(=O)CCc1ccccn1. The highest BCUT2D eigenvalue weighted by Gasteiger charge is 2.24. The highest BCUT2D eigenvalue weighted by Crippen LogP contribution is 2.10. The van der Waals surface area contributed by atoms with Crippen LogP contribution in [0.3, 0.4) is 0 Å². The normalized spacial score (nSPS) is 13.0. The van der Waals surface area contributed by atoms with Crippen LogP contribution in [0.15, 0.2) is 29.6 Å². The van der Waals surface area contributed by atoms with Gasteiger partial charge in [-0.3, -0.25) is 4.98 Å². The minimum atomic E-state index is -3.42. The summed E-state index contributed by atoms with van der Waals surface area (Å²) in [5, 5.41) is 11.4. The Bertz CT molecular complexity index is 558. The summed E-state index contributed by atoms with van der Waals surface area (Å²) in [6.45, 7) is 3.79. The van der Waals surface area contributed by atoms with Crippen molar-refractivity contribution >= 4 is 15.9 Å². The molecular formula is C13H22N4O3S. The lowest BCUT2D eigenvalue weighted by atomic mass is 10.3. The van der Waals surface area contributed by atoms with Crippen LogP contribution < -0.4 is 5.73 Å².